The van der Waals surface area contributed by atoms with Crippen molar-refractivity contribution in [2.75, 3.05) is 6.67 Å². The second-order valence-corrected chi connectivity index (χ2v) is 8.72. The van der Waals surface area contributed by atoms with Crippen molar-refractivity contribution < 1.29 is 23.6 Å². The van der Waals surface area contributed by atoms with E-state index in [1.54, 1.807) is 0 Å². The highest BCUT2D eigenvalue weighted by Crippen LogP contribution is 2.46. The molecule has 3 rings (SSSR count). The summed E-state index contributed by atoms with van der Waals surface area (Å²) in [4.78, 5) is 12.0. The highest BCUT2D eigenvalue weighted by atomic mass is 19.1. The lowest BCUT2D eigenvalue weighted by Gasteiger charge is -2.38. The van der Waals surface area contributed by atoms with E-state index >= 15 is 0 Å². The first-order chi connectivity index (χ1) is 12.6. The Morgan fingerprint density at radius 1 is 1.19 bits per heavy atom. The SMILES string of the molecule is CC1(C)OB(C2=CC(Cc3ccccc3)[C@@](CF)(C(=O)O)CC2)OC1(C)C. The van der Waals surface area contributed by atoms with Gasteiger partial charge in [-0.25, -0.2) is 4.39 Å². The van der Waals surface area contributed by atoms with Gasteiger partial charge in [-0.3, -0.25) is 4.79 Å². The maximum atomic E-state index is 14.0. The summed E-state index contributed by atoms with van der Waals surface area (Å²) < 4.78 is 26.3. The van der Waals surface area contributed by atoms with E-state index in [0.717, 1.165) is 11.0 Å². The van der Waals surface area contributed by atoms with Crippen LogP contribution in [-0.4, -0.2) is 36.1 Å². The molecule has 1 aliphatic carbocycles. The number of benzene rings is 1. The first-order valence-electron chi connectivity index (χ1n) is 9.51. The van der Waals surface area contributed by atoms with Crippen LogP contribution in [0.4, 0.5) is 4.39 Å². The van der Waals surface area contributed by atoms with E-state index in [0.29, 0.717) is 12.8 Å². The Labute approximate surface area is 160 Å². The van der Waals surface area contributed by atoms with Gasteiger partial charge in [0.2, 0.25) is 0 Å². The molecule has 4 nitrogen and oxygen atoms in total. The molecule has 1 saturated heterocycles. The molecule has 0 saturated carbocycles. The average Bonchev–Trinajstić information content (AvgIpc) is 2.83. The Kier molecular flexibility index (Phi) is 5.25. The molecule has 0 bridgehead atoms. The highest BCUT2D eigenvalue weighted by molar-refractivity contribution is 6.54. The van der Waals surface area contributed by atoms with Crippen molar-refractivity contribution in [3.63, 3.8) is 0 Å². The Bertz CT molecular complexity index is 715. The molecule has 1 aromatic rings. The van der Waals surface area contributed by atoms with Crippen LogP contribution in [0.3, 0.4) is 0 Å². The molecule has 1 aliphatic heterocycles. The molecule has 1 fully saturated rings. The lowest BCUT2D eigenvalue weighted by molar-refractivity contribution is -0.153. The van der Waals surface area contributed by atoms with E-state index < -0.39 is 42.3 Å². The molecule has 0 spiro atoms. The van der Waals surface area contributed by atoms with Gasteiger partial charge in [0.25, 0.3) is 0 Å². The highest BCUT2D eigenvalue weighted by Gasteiger charge is 2.55. The minimum atomic E-state index is -1.40. The van der Waals surface area contributed by atoms with Crippen molar-refractivity contribution in [2.45, 2.75) is 58.2 Å². The average molecular weight is 374 g/mol. The molecular weight excluding hydrogens is 346 g/mol. The maximum absolute atomic E-state index is 14.0. The van der Waals surface area contributed by atoms with Crippen molar-refractivity contribution >= 4 is 13.1 Å². The van der Waals surface area contributed by atoms with Gasteiger partial charge in [0.05, 0.1) is 11.2 Å². The van der Waals surface area contributed by atoms with E-state index in [4.69, 9.17) is 9.31 Å². The first kappa shape index (κ1) is 20.1. The van der Waals surface area contributed by atoms with Gasteiger partial charge in [-0.2, -0.15) is 0 Å². The van der Waals surface area contributed by atoms with Crippen LogP contribution in [0.2, 0.25) is 0 Å². The molecule has 2 atom stereocenters. The monoisotopic (exact) mass is 374 g/mol. The summed E-state index contributed by atoms with van der Waals surface area (Å²) in [5, 5.41) is 9.82. The molecule has 1 N–H and O–H groups in total. The van der Waals surface area contributed by atoms with Crippen molar-refractivity contribution in [1.29, 1.82) is 0 Å². The molecule has 2 aliphatic rings. The molecular formula is C21H28BFO4. The molecule has 0 amide bonds. The zero-order valence-corrected chi connectivity index (χ0v) is 16.5. The van der Waals surface area contributed by atoms with Crippen molar-refractivity contribution in [1.82, 2.24) is 0 Å². The Hall–Kier alpha value is -1.66. The summed E-state index contributed by atoms with van der Waals surface area (Å²) in [5.74, 6) is -1.53. The van der Waals surface area contributed by atoms with Crippen LogP contribution in [0.5, 0.6) is 0 Å². The van der Waals surface area contributed by atoms with Gasteiger partial charge in [0.15, 0.2) is 0 Å². The Morgan fingerprint density at radius 3 is 2.30 bits per heavy atom. The van der Waals surface area contributed by atoms with Gasteiger partial charge >= 0.3 is 13.1 Å². The van der Waals surface area contributed by atoms with Crippen LogP contribution < -0.4 is 0 Å². The number of alkyl halides is 1. The maximum Gasteiger partial charge on any atom is 0.490 e. The largest absolute Gasteiger partial charge is 0.490 e. The summed E-state index contributed by atoms with van der Waals surface area (Å²) in [6.45, 7) is 7.07. The van der Waals surface area contributed by atoms with E-state index in [2.05, 4.69) is 0 Å². The normalized spacial score (nSPS) is 29.4. The number of hydrogen-bond acceptors (Lipinski definition) is 3. The van der Waals surface area contributed by atoms with E-state index in [1.165, 1.54) is 0 Å². The molecule has 6 heteroatoms. The molecule has 1 unspecified atom stereocenters. The summed E-state index contributed by atoms with van der Waals surface area (Å²) in [6.07, 6.45) is 3.07. The van der Waals surface area contributed by atoms with Gasteiger partial charge in [0.1, 0.15) is 12.1 Å². The number of halogens is 1. The number of carboxylic acid groups (broad SMARTS) is 1. The predicted molar refractivity (Wildman–Crippen MR) is 103 cm³/mol. The van der Waals surface area contributed by atoms with E-state index in [1.807, 2.05) is 64.1 Å². The van der Waals surface area contributed by atoms with E-state index in [9.17, 15) is 14.3 Å². The molecule has 0 aromatic heterocycles. The van der Waals surface area contributed by atoms with Gasteiger partial charge in [-0.05, 0) is 63.9 Å². The number of carbonyl (C=O) groups is 1. The lowest BCUT2D eigenvalue weighted by Crippen LogP contribution is -2.44. The second-order valence-electron chi connectivity index (χ2n) is 8.72. The molecule has 0 radical (unpaired) electrons. The van der Waals surface area contributed by atoms with Crippen LogP contribution >= 0.6 is 0 Å². The van der Waals surface area contributed by atoms with Crippen LogP contribution in [0.15, 0.2) is 41.9 Å². The van der Waals surface area contributed by atoms with Crippen molar-refractivity contribution in [3.05, 3.63) is 47.4 Å². The minimum Gasteiger partial charge on any atom is -0.481 e. The fourth-order valence-corrected chi connectivity index (χ4v) is 3.86. The third kappa shape index (κ3) is 3.57. The third-order valence-electron chi connectivity index (χ3n) is 6.50. The summed E-state index contributed by atoms with van der Waals surface area (Å²) in [7, 11) is -0.514. The van der Waals surface area contributed by atoms with Crippen LogP contribution in [0.1, 0.15) is 46.1 Å². The topological polar surface area (TPSA) is 55.8 Å². The first-order valence-corrected chi connectivity index (χ1v) is 9.51. The van der Waals surface area contributed by atoms with E-state index in [-0.39, 0.29) is 6.42 Å². The van der Waals surface area contributed by atoms with Gasteiger partial charge in [-0.15, -0.1) is 0 Å². The fraction of sp³-hybridized carbons (Fsp3) is 0.571. The summed E-state index contributed by atoms with van der Waals surface area (Å²) >= 11 is 0. The minimum absolute atomic E-state index is 0.242. The summed E-state index contributed by atoms with van der Waals surface area (Å²) in [5.41, 5.74) is -0.417. The van der Waals surface area contributed by atoms with Crippen LogP contribution in [-0.2, 0) is 20.5 Å². The smallest absolute Gasteiger partial charge is 0.481 e. The quantitative estimate of drug-likeness (QED) is 0.784. The number of allylic oxidation sites excluding steroid dienone is 2. The Balaban J connectivity index is 1.93. The molecule has 146 valence electrons. The number of hydrogen-bond donors (Lipinski definition) is 1. The zero-order valence-electron chi connectivity index (χ0n) is 16.5. The number of aliphatic carboxylic acids is 1. The predicted octanol–water partition coefficient (Wildman–Crippen LogP) is 4.24. The second kappa shape index (κ2) is 7.06. The number of carboxylic acids is 1. The van der Waals surface area contributed by atoms with Gasteiger partial charge in [0, 0.05) is 0 Å². The standard InChI is InChI=1S/C21H28BFO4/c1-19(2)20(3,4)27-22(26-19)17-10-11-21(14-23,18(24)25)16(13-17)12-15-8-6-5-7-9-15/h5-9,13,16H,10-12,14H2,1-4H3,(H,24,25)/t16?,21-/m1/s1. The van der Waals surface area contributed by atoms with Gasteiger partial charge in [-0.1, -0.05) is 36.4 Å². The lowest BCUT2D eigenvalue weighted by atomic mass is 9.60. The van der Waals surface area contributed by atoms with Crippen LogP contribution in [0.25, 0.3) is 0 Å². The van der Waals surface area contributed by atoms with Gasteiger partial charge < -0.3 is 14.4 Å². The van der Waals surface area contributed by atoms with Crippen LogP contribution in [0, 0.1) is 11.3 Å². The summed E-state index contributed by atoms with van der Waals surface area (Å²) in [6, 6.07) is 9.63. The van der Waals surface area contributed by atoms with Crippen molar-refractivity contribution in [3.8, 4) is 0 Å². The third-order valence-corrected chi connectivity index (χ3v) is 6.50. The zero-order chi connectivity index (χ0) is 19.9. The van der Waals surface area contributed by atoms with Crippen molar-refractivity contribution in [2.24, 2.45) is 11.3 Å². The Morgan fingerprint density at radius 2 is 1.78 bits per heavy atom. The molecule has 27 heavy (non-hydrogen) atoms. The number of rotatable bonds is 5. The fourth-order valence-electron chi connectivity index (χ4n) is 3.86. The molecule has 1 heterocycles. The molecule has 1 aromatic carbocycles.